The molecule has 1 N–H and O–H groups in total. The van der Waals surface area contributed by atoms with E-state index >= 15 is 0 Å². The third kappa shape index (κ3) is 3.66. The summed E-state index contributed by atoms with van der Waals surface area (Å²) in [7, 11) is 0. The summed E-state index contributed by atoms with van der Waals surface area (Å²) in [4.78, 5) is 14.4. The first-order valence-corrected chi connectivity index (χ1v) is 7.10. The lowest BCUT2D eigenvalue weighted by Gasteiger charge is -2.02. The number of aryl methyl sites for hydroxylation is 1. The average molecular weight is 349 g/mol. The maximum absolute atomic E-state index is 10.9. The van der Waals surface area contributed by atoms with Crippen LogP contribution in [0.4, 0.5) is 11.4 Å². The summed E-state index contributed by atoms with van der Waals surface area (Å²) in [5.74, 6) is -0.392. The molecule has 0 fully saturated rings. The Labute approximate surface area is 130 Å². The summed E-state index contributed by atoms with van der Waals surface area (Å²) in [6.45, 7) is 2.07. The van der Waals surface area contributed by atoms with Gasteiger partial charge in [-0.1, -0.05) is 35.0 Å². The number of nitro groups is 1. The maximum Gasteiger partial charge on any atom is 0.312 e. The second kappa shape index (κ2) is 6.49. The molecular formula is C15H13BrN2O3. The standard InChI is InChI=1S/C15H13BrN2O3/c1-2-10-3-5-13(6-4-10)17-9-11-7-12(16)8-14(15(11)19)18(20)21/h3-9,19H,2H2,1H3/b17-9+. The molecular weight excluding hydrogens is 336 g/mol. The van der Waals surface area contributed by atoms with Crippen molar-refractivity contribution in [3.63, 3.8) is 0 Å². The Morgan fingerprint density at radius 3 is 2.57 bits per heavy atom. The second-order valence-corrected chi connectivity index (χ2v) is 5.31. The van der Waals surface area contributed by atoms with Crippen LogP contribution < -0.4 is 0 Å². The number of nitrogens with zero attached hydrogens (tertiary/aromatic N) is 2. The molecule has 0 aliphatic carbocycles. The minimum Gasteiger partial charge on any atom is -0.502 e. The van der Waals surface area contributed by atoms with Crippen LogP contribution in [0, 0.1) is 10.1 Å². The van der Waals surface area contributed by atoms with Gasteiger partial charge in [0, 0.05) is 22.3 Å². The van der Waals surface area contributed by atoms with E-state index in [1.165, 1.54) is 17.8 Å². The molecule has 5 nitrogen and oxygen atoms in total. The summed E-state index contributed by atoms with van der Waals surface area (Å²) in [5.41, 5.74) is 1.85. The Morgan fingerprint density at radius 1 is 1.33 bits per heavy atom. The van der Waals surface area contributed by atoms with Gasteiger partial charge in [-0.15, -0.1) is 0 Å². The van der Waals surface area contributed by atoms with Crippen molar-refractivity contribution in [2.75, 3.05) is 0 Å². The summed E-state index contributed by atoms with van der Waals surface area (Å²) in [6, 6.07) is 10.5. The quantitative estimate of drug-likeness (QED) is 0.506. The minimum absolute atomic E-state index is 0.288. The number of hydrogen-bond donors (Lipinski definition) is 1. The molecule has 2 rings (SSSR count). The highest BCUT2D eigenvalue weighted by Gasteiger charge is 2.17. The lowest BCUT2D eigenvalue weighted by Crippen LogP contribution is -1.92. The zero-order valence-electron chi connectivity index (χ0n) is 11.3. The Balaban J connectivity index is 2.33. The van der Waals surface area contributed by atoms with Gasteiger partial charge in [-0.2, -0.15) is 0 Å². The number of hydrogen-bond acceptors (Lipinski definition) is 4. The van der Waals surface area contributed by atoms with Gasteiger partial charge in [0.25, 0.3) is 0 Å². The van der Waals surface area contributed by atoms with E-state index in [4.69, 9.17) is 0 Å². The van der Waals surface area contributed by atoms with Crippen molar-refractivity contribution in [2.24, 2.45) is 4.99 Å². The first-order chi connectivity index (χ1) is 10.0. The average Bonchev–Trinajstić information content (AvgIpc) is 2.48. The van der Waals surface area contributed by atoms with Gasteiger partial charge in [0.05, 0.1) is 10.6 Å². The smallest absolute Gasteiger partial charge is 0.312 e. The number of rotatable bonds is 4. The fourth-order valence-electron chi connectivity index (χ4n) is 1.80. The van der Waals surface area contributed by atoms with Gasteiger partial charge in [-0.3, -0.25) is 15.1 Å². The van der Waals surface area contributed by atoms with Crippen LogP contribution in [0.15, 0.2) is 45.9 Å². The van der Waals surface area contributed by atoms with Crippen LogP contribution in [0.1, 0.15) is 18.1 Å². The molecule has 0 radical (unpaired) electrons. The summed E-state index contributed by atoms with van der Waals surface area (Å²) >= 11 is 3.18. The van der Waals surface area contributed by atoms with E-state index in [-0.39, 0.29) is 11.3 Å². The monoisotopic (exact) mass is 348 g/mol. The Morgan fingerprint density at radius 2 is 2.00 bits per heavy atom. The van der Waals surface area contributed by atoms with Crippen LogP contribution >= 0.6 is 15.9 Å². The molecule has 0 aliphatic rings. The molecule has 0 amide bonds. The van der Waals surface area contributed by atoms with E-state index in [2.05, 4.69) is 27.8 Å². The molecule has 21 heavy (non-hydrogen) atoms. The van der Waals surface area contributed by atoms with E-state index in [0.717, 1.165) is 6.42 Å². The van der Waals surface area contributed by atoms with Crippen LogP contribution in [0.3, 0.4) is 0 Å². The van der Waals surface area contributed by atoms with E-state index < -0.39 is 10.7 Å². The molecule has 0 spiro atoms. The number of nitro benzene ring substituents is 1. The molecule has 0 unspecified atom stereocenters. The van der Waals surface area contributed by atoms with Crippen molar-refractivity contribution >= 4 is 33.5 Å². The predicted octanol–water partition coefficient (Wildman–Crippen LogP) is 4.38. The largest absolute Gasteiger partial charge is 0.502 e. The van der Waals surface area contributed by atoms with E-state index in [1.807, 2.05) is 24.3 Å². The van der Waals surface area contributed by atoms with Crippen molar-refractivity contribution in [3.8, 4) is 5.75 Å². The molecule has 2 aromatic rings. The van der Waals surface area contributed by atoms with Gasteiger partial charge < -0.3 is 5.11 Å². The molecule has 6 heteroatoms. The highest BCUT2D eigenvalue weighted by molar-refractivity contribution is 9.10. The van der Waals surface area contributed by atoms with Gasteiger partial charge in [-0.05, 0) is 30.2 Å². The molecule has 2 aromatic carbocycles. The van der Waals surface area contributed by atoms with Crippen LogP contribution in [0.25, 0.3) is 0 Å². The first kappa shape index (κ1) is 15.2. The maximum atomic E-state index is 10.9. The van der Waals surface area contributed by atoms with Crippen LogP contribution in [0.2, 0.25) is 0 Å². The number of aromatic hydroxyl groups is 1. The van der Waals surface area contributed by atoms with Gasteiger partial charge >= 0.3 is 5.69 Å². The fraction of sp³-hybridized carbons (Fsp3) is 0.133. The van der Waals surface area contributed by atoms with Crippen LogP contribution in [-0.2, 0) is 6.42 Å². The summed E-state index contributed by atoms with van der Waals surface area (Å²) < 4.78 is 0.509. The number of benzene rings is 2. The van der Waals surface area contributed by atoms with Crippen molar-refractivity contribution in [1.29, 1.82) is 0 Å². The van der Waals surface area contributed by atoms with Crippen molar-refractivity contribution < 1.29 is 10.0 Å². The Hall–Kier alpha value is -2.21. The van der Waals surface area contributed by atoms with Crippen molar-refractivity contribution in [2.45, 2.75) is 13.3 Å². The van der Waals surface area contributed by atoms with Gasteiger partial charge in [0.15, 0.2) is 0 Å². The lowest BCUT2D eigenvalue weighted by atomic mass is 10.1. The molecule has 0 aromatic heterocycles. The van der Waals surface area contributed by atoms with Crippen LogP contribution in [-0.4, -0.2) is 16.2 Å². The SMILES string of the molecule is CCc1ccc(/N=C/c2cc(Br)cc([N+](=O)[O-])c2O)cc1. The molecule has 108 valence electrons. The van der Waals surface area contributed by atoms with E-state index in [0.29, 0.717) is 10.2 Å². The number of halogens is 1. The number of phenolic OH excluding ortho intramolecular Hbond substituents is 1. The molecule has 0 saturated carbocycles. The lowest BCUT2D eigenvalue weighted by molar-refractivity contribution is -0.385. The number of aliphatic imine (C=N–C) groups is 1. The fourth-order valence-corrected chi connectivity index (χ4v) is 2.27. The number of phenols is 1. The summed E-state index contributed by atoms with van der Waals surface area (Å²) in [6.07, 6.45) is 2.36. The second-order valence-electron chi connectivity index (χ2n) is 4.40. The van der Waals surface area contributed by atoms with E-state index in [1.54, 1.807) is 6.07 Å². The third-order valence-corrected chi connectivity index (χ3v) is 3.44. The van der Waals surface area contributed by atoms with Gasteiger partial charge in [0.1, 0.15) is 0 Å². The Bertz CT molecular complexity index is 697. The molecule has 0 bridgehead atoms. The molecule has 0 saturated heterocycles. The molecule has 0 heterocycles. The molecule has 0 aliphatic heterocycles. The van der Waals surface area contributed by atoms with Crippen molar-refractivity contribution in [3.05, 3.63) is 62.1 Å². The predicted molar refractivity (Wildman–Crippen MR) is 85.5 cm³/mol. The first-order valence-electron chi connectivity index (χ1n) is 6.31. The van der Waals surface area contributed by atoms with Crippen molar-refractivity contribution in [1.82, 2.24) is 0 Å². The summed E-state index contributed by atoms with van der Waals surface area (Å²) in [5, 5.41) is 20.7. The Kier molecular flexibility index (Phi) is 4.70. The third-order valence-electron chi connectivity index (χ3n) is 2.98. The topological polar surface area (TPSA) is 75.7 Å². The molecule has 0 atom stereocenters. The highest BCUT2D eigenvalue weighted by Crippen LogP contribution is 2.32. The minimum atomic E-state index is -0.631. The normalized spacial score (nSPS) is 11.0. The van der Waals surface area contributed by atoms with E-state index in [9.17, 15) is 15.2 Å². The zero-order chi connectivity index (χ0) is 15.4. The zero-order valence-corrected chi connectivity index (χ0v) is 12.9. The van der Waals surface area contributed by atoms with Gasteiger partial charge in [-0.25, -0.2) is 0 Å². The van der Waals surface area contributed by atoms with Gasteiger partial charge in [0.2, 0.25) is 5.75 Å². The highest BCUT2D eigenvalue weighted by atomic mass is 79.9. The van der Waals surface area contributed by atoms with Crippen LogP contribution in [0.5, 0.6) is 5.75 Å².